The van der Waals surface area contributed by atoms with Crippen molar-refractivity contribution in [3.63, 3.8) is 0 Å². The molecule has 0 unspecified atom stereocenters. The fourth-order valence-corrected chi connectivity index (χ4v) is 10.6. The average Bonchev–Trinajstić information content (AvgIpc) is 4.08. The highest BCUT2D eigenvalue weighted by Crippen LogP contribution is 2.45. The van der Waals surface area contributed by atoms with Gasteiger partial charge in [0.25, 0.3) is 0 Å². The Bertz CT molecular complexity index is 4210. The van der Waals surface area contributed by atoms with Crippen LogP contribution in [0.1, 0.15) is 0 Å². The van der Waals surface area contributed by atoms with Crippen LogP contribution in [0.3, 0.4) is 0 Å². The van der Waals surface area contributed by atoms with E-state index >= 15 is 0 Å². The standard InChI is InChI=1S/C64H40N2O2/c1-2-14-45-40-63-56(38-44(45)13-1)55-39-46(31-36-61(55)68-63)50-17-3-7-22-57(50)65(48-34-29-42(30-35-48)51-21-12-26-62-64(51)54-20-6-10-25-60(54)67-62)47-32-27-41(28-33-47)43-15-11-16-49(37-43)66-58-23-8-4-18-52(58)53-19-5-9-24-59(53)66/h1-40H. The normalized spacial score (nSPS) is 11.8. The van der Waals surface area contributed by atoms with Crippen molar-refractivity contribution in [2.45, 2.75) is 0 Å². The van der Waals surface area contributed by atoms with Crippen molar-refractivity contribution in [3.05, 3.63) is 243 Å². The van der Waals surface area contributed by atoms with Crippen LogP contribution in [0.4, 0.5) is 17.1 Å². The molecule has 4 nitrogen and oxygen atoms in total. The Morgan fingerprint density at radius 1 is 0.309 bits per heavy atom. The molecule has 0 aliphatic heterocycles. The summed E-state index contributed by atoms with van der Waals surface area (Å²) in [6, 6.07) is 87.1. The number of anilines is 3. The van der Waals surface area contributed by atoms with Gasteiger partial charge in [0.15, 0.2) is 0 Å². The van der Waals surface area contributed by atoms with Gasteiger partial charge >= 0.3 is 0 Å². The predicted molar refractivity (Wildman–Crippen MR) is 284 cm³/mol. The maximum absolute atomic E-state index is 6.46. The van der Waals surface area contributed by atoms with Gasteiger partial charge in [0.1, 0.15) is 22.3 Å². The zero-order valence-electron chi connectivity index (χ0n) is 36.8. The van der Waals surface area contributed by atoms with Gasteiger partial charge in [-0.3, -0.25) is 0 Å². The number of hydrogen-bond donors (Lipinski definition) is 0. The maximum Gasteiger partial charge on any atom is 0.136 e. The number of rotatable bonds is 7. The van der Waals surface area contributed by atoms with Crippen LogP contribution in [0.2, 0.25) is 0 Å². The second-order valence-corrected chi connectivity index (χ2v) is 17.7. The van der Waals surface area contributed by atoms with E-state index in [0.29, 0.717) is 0 Å². The van der Waals surface area contributed by atoms with Crippen molar-refractivity contribution >= 4 is 93.5 Å². The average molecular weight is 869 g/mol. The molecule has 3 heterocycles. The highest BCUT2D eigenvalue weighted by Gasteiger charge is 2.20. The van der Waals surface area contributed by atoms with E-state index in [1.807, 2.05) is 12.1 Å². The summed E-state index contributed by atoms with van der Waals surface area (Å²) in [4.78, 5) is 2.39. The molecule has 0 aliphatic carbocycles. The Kier molecular flexibility index (Phi) is 8.55. The van der Waals surface area contributed by atoms with Crippen LogP contribution in [0.5, 0.6) is 0 Å². The van der Waals surface area contributed by atoms with Crippen molar-refractivity contribution in [2.75, 3.05) is 4.90 Å². The van der Waals surface area contributed by atoms with Crippen LogP contribution < -0.4 is 4.90 Å². The summed E-state index contributed by atoms with van der Waals surface area (Å²) in [5.74, 6) is 0. The molecule has 0 aliphatic rings. The van der Waals surface area contributed by atoms with Crippen LogP contribution in [-0.4, -0.2) is 4.57 Å². The minimum atomic E-state index is 0.877. The highest BCUT2D eigenvalue weighted by atomic mass is 16.3. The number of aromatic nitrogens is 1. The maximum atomic E-state index is 6.46. The number of benzene rings is 11. The molecule has 14 rings (SSSR count). The van der Waals surface area contributed by atoms with Gasteiger partial charge in [-0.2, -0.15) is 0 Å². The zero-order valence-corrected chi connectivity index (χ0v) is 36.8. The summed E-state index contributed by atoms with van der Waals surface area (Å²) in [6.45, 7) is 0. The molecule has 0 fully saturated rings. The van der Waals surface area contributed by atoms with E-state index < -0.39 is 0 Å². The van der Waals surface area contributed by atoms with Gasteiger partial charge in [-0.25, -0.2) is 0 Å². The Morgan fingerprint density at radius 2 is 0.868 bits per heavy atom. The molecule has 3 aromatic heterocycles. The summed E-state index contributed by atoms with van der Waals surface area (Å²) in [6.07, 6.45) is 0. The number of furan rings is 2. The lowest BCUT2D eigenvalue weighted by Gasteiger charge is -2.28. The van der Waals surface area contributed by atoms with Gasteiger partial charge in [0.05, 0.1) is 16.7 Å². The van der Waals surface area contributed by atoms with E-state index in [2.05, 4.69) is 240 Å². The Morgan fingerprint density at radius 3 is 1.65 bits per heavy atom. The third-order valence-electron chi connectivity index (χ3n) is 13.8. The summed E-state index contributed by atoms with van der Waals surface area (Å²) in [5.41, 5.74) is 17.1. The van der Waals surface area contributed by atoms with E-state index in [9.17, 15) is 0 Å². The second-order valence-electron chi connectivity index (χ2n) is 17.7. The lowest BCUT2D eigenvalue weighted by molar-refractivity contribution is 0.669. The first-order chi connectivity index (χ1) is 33.7. The molecule has 4 heteroatoms. The van der Waals surface area contributed by atoms with Gasteiger partial charge in [-0.15, -0.1) is 0 Å². The SMILES string of the molecule is c1cc(-c2ccc(N(c3ccc(-c4cccc5oc6ccccc6c45)cc3)c3ccccc3-c3ccc4oc5cc6ccccc6cc5c4c3)cc2)cc(-n2c3ccccc3c3ccccc32)c1. The topological polar surface area (TPSA) is 34.5 Å². The van der Waals surface area contributed by atoms with Gasteiger partial charge in [0.2, 0.25) is 0 Å². The van der Waals surface area contributed by atoms with Gasteiger partial charge in [-0.05, 0) is 130 Å². The third-order valence-corrected chi connectivity index (χ3v) is 13.8. The monoisotopic (exact) mass is 868 g/mol. The molecule has 318 valence electrons. The first-order valence-corrected chi connectivity index (χ1v) is 23.1. The van der Waals surface area contributed by atoms with Gasteiger partial charge < -0.3 is 18.3 Å². The molecule has 0 atom stereocenters. The molecule has 0 spiro atoms. The Labute approximate surface area is 391 Å². The second kappa shape index (κ2) is 15.2. The minimum absolute atomic E-state index is 0.877. The molecule has 0 amide bonds. The van der Waals surface area contributed by atoms with E-state index in [0.717, 1.165) is 100 Å². The number of nitrogens with zero attached hydrogens (tertiary/aromatic N) is 2. The van der Waals surface area contributed by atoms with Gasteiger partial charge in [0, 0.05) is 54.9 Å². The smallest absolute Gasteiger partial charge is 0.136 e. The molecular weight excluding hydrogens is 829 g/mol. The van der Waals surface area contributed by atoms with Gasteiger partial charge in [-0.1, -0.05) is 152 Å². The van der Waals surface area contributed by atoms with Crippen LogP contribution in [0, 0.1) is 0 Å². The van der Waals surface area contributed by atoms with Crippen molar-refractivity contribution < 1.29 is 8.83 Å². The first-order valence-electron chi connectivity index (χ1n) is 23.1. The summed E-state index contributed by atoms with van der Waals surface area (Å²) in [7, 11) is 0. The van der Waals surface area contributed by atoms with Crippen molar-refractivity contribution in [1.82, 2.24) is 4.57 Å². The summed E-state index contributed by atoms with van der Waals surface area (Å²) >= 11 is 0. The van der Waals surface area contributed by atoms with Crippen LogP contribution in [-0.2, 0) is 0 Å². The Balaban J connectivity index is 0.899. The lowest BCUT2D eigenvalue weighted by atomic mass is 9.97. The third kappa shape index (κ3) is 6.08. The molecule has 0 saturated heterocycles. The molecule has 0 bridgehead atoms. The van der Waals surface area contributed by atoms with E-state index in [-0.39, 0.29) is 0 Å². The largest absolute Gasteiger partial charge is 0.456 e. The molecule has 0 N–H and O–H groups in total. The fourth-order valence-electron chi connectivity index (χ4n) is 10.6. The van der Waals surface area contributed by atoms with Crippen LogP contribution in [0.25, 0.3) is 116 Å². The molecule has 68 heavy (non-hydrogen) atoms. The molecule has 14 aromatic rings. The minimum Gasteiger partial charge on any atom is -0.456 e. The lowest BCUT2D eigenvalue weighted by Crippen LogP contribution is -2.11. The molecule has 11 aromatic carbocycles. The zero-order chi connectivity index (χ0) is 44.7. The number of para-hydroxylation sites is 4. The Hall–Kier alpha value is -9.12. The van der Waals surface area contributed by atoms with Crippen molar-refractivity contribution in [3.8, 4) is 39.1 Å². The van der Waals surface area contributed by atoms with Crippen LogP contribution >= 0.6 is 0 Å². The fraction of sp³-hybridized carbons (Fsp3) is 0. The van der Waals surface area contributed by atoms with Crippen molar-refractivity contribution in [2.24, 2.45) is 0 Å². The van der Waals surface area contributed by atoms with Crippen molar-refractivity contribution in [1.29, 1.82) is 0 Å². The highest BCUT2D eigenvalue weighted by molar-refractivity contribution is 6.14. The van der Waals surface area contributed by atoms with E-state index in [1.165, 1.54) is 32.6 Å². The van der Waals surface area contributed by atoms with Crippen LogP contribution in [0.15, 0.2) is 251 Å². The molecule has 0 radical (unpaired) electrons. The molecular formula is C64H40N2O2. The predicted octanol–water partition coefficient (Wildman–Crippen LogP) is 18.2. The number of fused-ring (bicyclic) bond motifs is 10. The van der Waals surface area contributed by atoms with E-state index in [1.54, 1.807) is 0 Å². The quantitative estimate of drug-likeness (QED) is 0.160. The summed E-state index contributed by atoms with van der Waals surface area (Å²) in [5, 5.41) is 9.34. The molecule has 0 saturated carbocycles. The van der Waals surface area contributed by atoms with E-state index in [4.69, 9.17) is 8.83 Å². The summed E-state index contributed by atoms with van der Waals surface area (Å²) < 4.78 is 15.1. The first kappa shape index (κ1) is 38.2. The number of hydrogen-bond acceptors (Lipinski definition) is 3.